The van der Waals surface area contributed by atoms with Gasteiger partial charge in [-0.25, -0.2) is 13.4 Å². The number of sulfone groups is 1. The van der Waals surface area contributed by atoms with E-state index >= 15 is 0 Å². The molecule has 0 spiro atoms. The number of nitrogens with zero attached hydrogens (tertiary/aromatic N) is 3. The van der Waals surface area contributed by atoms with Gasteiger partial charge in [0.25, 0.3) is 5.91 Å². The van der Waals surface area contributed by atoms with Crippen LogP contribution < -0.4 is 0 Å². The SMILES string of the molecule is CS(=O)(=O)c1ccccc1C(=O)N1CCCN1C(=O)CCc1cccnc1. The molecule has 0 radical (unpaired) electrons. The lowest BCUT2D eigenvalue weighted by Crippen LogP contribution is -2.45. The number of carbonyl (C=O) groups is 2. The summed E-state index contributed by atoms with van der Waals surface area (Å²) in [6.07, 6.45) is 5.90. The molecule has 0 aliphatic carbocycles. The standard InChI is InChI=1S/C19H21N3O4S/c1-27(25,26)17-8-3-2-7-16(17)19(24)22-13-5-12-21(22)18(23)10-9-15-6-4-11-20-14-15/h2-4,6-8,11,14H,5,9-10,12-13H2,1H3. The topological polar surface area (TPSA) is 87.7 Å². The van der Waals surface area contributed by atoms with Gasteiger partial charge in [-0.05, 0) is 36.6 Å². The van der Waals surface area contributed by atoms with Crippen molar-refractivity contribution in [3.05, 3.63) is 59.9 Å². The molecule has 1 aromatic heterocycles. The van der Waals surface area contributed by atoms with E-state index in [0.717, 1.165) is 11.8 Å². The Kier molecular flexibility index (Phi) is 5.55. The summed E-state index contributed by atoms with van der Waals surface area (Å²) in [5.74, 6) is -0.634. The molecule has 1 aliphatic heterocycles. The maximum Gasteiger partial charge on any atom is 0.273 e. The first kappa shape index (κ1) is 19.0. The van der Waals surface area contributed by atoms with Gasteiger partial charge < -0.3 is 0 Å². The summed E-state index contributed by atoms with van der Waals surface area (Å²) < 4.78 is 24.0. The minimum atomic E-state index is -3.55. The molecule has 3 rings (SSSR count). The zero-order valence-corrected chi connectivity index (χ0v) is 15.9. The van der Waals surface area contributed by atoms with Gasteiger partial charge >= 0.3 is 0 Å². The maximum atomic E-state index is 13.0. The first-order valence-electron chi connectivity index (χ1n) is 8.68. The van der Waals surface area contributed by atoms with Crippen molar-refractivity contribution in [1.29, 1.82) is 0 Å². The normalized spacial score (nSPS) is 14.4. The second kappa shape index (κ2) is 7.87. The van der Waals surface area contributed by atoms with E-state index < -0.39 is 15.7 Å². The van der Waals surface area contributed by atoms with Crippen LogP contribution in [0.3, 0.4) is 0 Å². The molecule has 2 aromatic rings. The third-order valence-corrected chi connectivity index (χ3v) is 5.58. The quantitative estimate of drug-likeness (QED) is 0.779. The molecule has 1 aliphatic rings. The predicted molar refractivity (Wildman–Crippen MR) is 99.5 cm³/mol. The fourth-order valence-electron chi connectivity index (χ4n) is 3.11. The third-order valence-electron chi connectivity index (χ3n) is 4.42. The van der Waals surface area contributed by atoms with Crippen LogP contribution in [0, 0.1) is 0 Å². The molecule has 0 N–H and O–H groups in total. The van der Waals surface area contributed by atoms with Crippen molar-refractivity contribution in [2.75, 3.05) is 19.3 Å². The molecule has 0 bridgehead atoms. The summed E-state index contributed by atoms with van der Waals surface area (Å²) in [5, 5.41) is 2.79. The first-order chi connectivity index (χ1) is 12.9. The number of pyridine rings is 1. The van der Waals surface area contributed by atoms with Crippen molar-refractivity contribution in [2.45, 2.75) is 24.2 Å². The Morgan fingerprint density at radius 2 is 1.81 bits per heavy atom. The van der Waals surface area contributed by atoms with Gasteiger partial charge in [-0.3, -0.25) is 19.6 Å². The smallest absolute Gasteiger partial charge is 0.273 e. The van der Waals surface area contributed by atoms with E-state index in [1.165, 1.54) is 22.2 Å². The number of rotatable bonds is 5. The van der Waals surface area contributed by atoms with Crippen molar-refractivity contribution in [2.24, 2.45) is 0 Å². The second-order valence-corrected chi connectivity index (χ2v) is 8.41. The fourth-order valence-corrected chi connectivity index (χ4v) is 3.99. The first-order valence-corrected chi connectivity index (χ1v) is 10.6. The van der Waals surface area contributed by atoms with E-state index in [1.807, 2.05) is 12.1 Å². The molecule has 1 aromatic carbocycles. The highest BCUT2D eigenvalue weighted by Gasteiger charge is 2.33. The lowest BCUT2D eigenvalue weighted by Gasteiger charge is -2.28. The summed E-state index contributed by atoms with van der Waals surface area (Å²) >= 11 is 0. The molecule has 2 amide bonds. The van der Waals surface area contributed by atoms with Crippen molar-refractivity contribution >= 4 is 21.7 Å². The Morgan fingerprint density at radius 3 is 2.52 bits per heavy atom. The van der Waals surface area contributed by atoms with Gasteiger partial charge in [-0.15, -0.1) is 0 Å². The van der Waals surface area contributed by atoms with E-state index in [9.17, 15) is 18.0 Å². The van der Waals surface area contributed by atoms with Crippen LogP contribution in [0.15, 0.2) is 53.7 Å². The van der Waals surface area contributed by atoms with Crippen LogP contribution in [0.2, 0.25) is 0 Å². The molecule has 1 fully saturated rings. The number of amides is 2. The highest BCUT2D eigenvalue weighted by Crippen LogP contribution is 2.22. The summed E-state index contributed by atoms with van der Waals surface area (Å²) in [6, 6.07) is 9.80. The number of aryl methyl sites for hydroxylation is 1. The van der Waals surface area contributed by atoms with Gasteiger partial charge in [-0.1, -0.05) is 18.2 Å². The molecule has 0 atom stereocenters. The van der Waals surface area contributed by atoms with Crippen molar-refractivity contribution in [3.63, 3.8) is 0 Å². The van der Waals surface area contributed by atoms with Crippen molar-refractivity contribution < 1.29 is 18.0 Å². The number of benzene rings is 1. The van der Waals surface area contributed by atoms with E-state index in [4.69, 9.17) is 0 Å². The molecule has 2 heterocycles. The number of hydrazine groups is 1. The Bertz CT molecular complexity index is 944. The molecule has 142 valence electrons. The van der Waals surface area contributed by atoms with Crippen LogP contribution >= 0.6 is 0 Å². The molecule has 8 heteroatoms. The average Bonchev–Trinajstić information content (AvgIpc) is 3.15. The third kappa shape index (κ3) is 4.33. The summed E-state index contributed by atoms with van der Waals surface area (Å²) in [7, 11) is -3.55. The van der Waals surface area contributed by atoms with Crippen LogP contribution in [-0.2, 0) is 21.1 Å². The monoisotopic (exact) mass is 387 g/mol. The largest absolute Gasteiger partial charge is 0.273 e. The minimum absolute atomic E-state index is 0.0235. The lowest BCUT2D eigenvalue weighted by atomic mass is 10.1. The highest BCUT2D eigenvalue weighted by molar-refractivity contribution is 7.90. The Balaban J connectivity index is 1.76. The van der Waals surface area contributed by atoms with Crippen LogP contribution in [0.4, 0.5) is 0 Å². The summed E-state index contributed by atoms with van der Waals surface area (Å²) in [5.41, 5.74) is 1.04. The maximum absolute atomic E-state index is 13.0. The van der Waals surface area contributed by atoms with Crippen molar-refractivity contribution in [1.82, 2.24) is 15.0 Å². The molecule has 7 nitrogen and oxygen atoms in total. The average molecular weight is 387 g/mol. The zero-order chi connectivity index (χ0) is 19.4. The number of aromatic nitrogens is 1. The van der Waals surface area contributed by atoms with E-state index in [-0.39, 0.29) is 22.8 Å². The van der Waals surface area contributed by atoms with Crippen LogP contribution in [0.5, 0.6) is 0 Å². The van der Waals surface area contributed by atoms with E-state index in [0.29, 0.717) is 25.9 Å². The number of hydrogen-bond donors (Lipinski definition) is 0. The Morgan fingerprint density at radius 1 is 1.07 bits per heavy atom. The number of hydrogen-bond acceptors (Lipinski definition) is 5. The lowest BCUT2D eigenvalue weighted by molar-refractivity contribution is -0.140. The van der Waals surface area contributed by atoms with E-state index in [1.54, 1.807) is 24.5 Å². The summed E-state index contributed by atoms with van der Waals surface area (Å²) in [4.78, 5) is 29.6. The highest BCUT2D eigenvalue weighted by atomic mass is 32.2. The van der Waals surface area contributed by atoms with Gasteiger partial charge in [0.15, 0.2) is 9.84 Å². The minimum Gasteiger partial charge on any atom is -0.273 e. The Hall–Kier alpha value is -2.74. The zero-order valence-electron chi connectivity index (χ0n) is 15.0. The van der Waals surface area contributed by atoms with Gasteiger partial charge in [0.05, 0.1) is 10.5 Å². The number of carbonyl (C=O) groups excluding carboxylic acids is 2. The van der Waals surface area contributed by atoms with E-state index in [2.05, 4.69) is 4.98 Å². The molecule has 0 saturated carbocycles. The molecular weight excluding hydrogens is 366 g/mol. The second-order valence-electron chi connectivity index (χ2n) is 6.43. The van der Waals surface area contributed by atoms with Crippen LogP contribution in [0.1, 0.15) is 28.8 Å². The van der Waals surface area contributed by atoms with Crippen LogP contribution in [0.25, 0.3) is 0 Å². The summed E-state index contributed by atoms with van der Waals surface area (Å²) in [6.45, 7) is 0.828. The van der Waals surface area contributed by atoms with Gasteiger partial charge in [0.1, 0.15) is 0 Å². The van der Waals surface area contributed by atoms with Crippen LogP contribution in [-0.4, -0.2) is 54.6 Å². The van der Waals surface area contributed by atoms with Crippen molar-refractivity contribution in [3.8, 4) is 0 Å². The molecule has 27 heavy (non-hydrogen) atoms. The van der Waals surface area contributed by atoms with Gasteiger partial charge in [-0.2, -0.15) is 0 Å². The van der Waals surface area contributed by atoms with Gasteiger partial charge in [0, 0.05) is 38.2 Å². The molecular formula is C19H21N3O4S. The van der Waals surface area contributed by atoms with Gasteiger partial charge in [0.2, 0.25) is 5.91 Å². The predicted octanol–water partition coefficient (Wildman–Crippen LogP) is 1.71. The fraction of sp³-hybridized carbons (Fsp3) is 0.316. The molecule has 1 saturated heterocycles. The molecule has 0 unspecified atom stereocenters. The Labute approximate surface area is 158 Å².